The summed E-state index contributed by atoms with van der Waals surface area (Å²) < 4.78 is 0. The predicted octanol–water partition coefficient (Wildman–Crippen LogP) is 3.23. The number of nitrogens with one attached hydrogen (secondary N) is 2. The van der Waals surface area contributed by atoms with Crippen LogP contribution in [0.3, 0.4) is 0 Å². The topological polar surface area (TPSA) is 152 Å². The second-order valence-electron chi connectivity index (χ2n) is 9.13. The number of aromatic nitrogens is 4. The molecule has 3 rings (SSSR count). The van der Waals surface area contributed by atoms with Crippen molar-refractivity contribution in [2.45, 2.75) is 41.0 Å². The fourth-order valence-corrected chi connectivity index (χ4v) is 3.21. The van der Waals surface area contributed by atoms with Gasteiger partial charge in [-0.3, -0.25) is 14.4 Å². The molecule has 0 aliphatic rings. The van der Waals surface area contributed by atoms with Gasteiger partial charge in [0, 0.05) is 10.8 Å². The molecule has 0 saturated carbocycles. The highest BCUT2D eigenvalue weighted by atomic mass is 16.6. The zero-order chi connectivity index (χ0) is 23.1. The molecule has 0 fully saturated rings. The number of hydrogen-bond donors (Lipinski definition) is 2. The van der Waals surface area contributed by atoms with Crippen LogP contribution in [0.15, 0.2) is 29.1 Å². The van der Waals surface area contributed by atoms with Gasteiger partial charge in [-0.15, -0.1) is 5.10 Å². The molecule has 2 heterocycles. The van der Waals surface area contributed by atoms with Crippen molar-refractivity contribution in [1.29, 1.82) is 0 Å². The fraction of sp³-hybridized carbons (Fsp3) is 0.381. The zero-order valence-corrected chi connectivity index (χ0v) is 17.9. The molecule has 10 heteroatoms. The number of H-pyrrole nitrogens is 2. The van der Waals surface area contributed by atoms with Crippen LogP contribution in [0.1, 0.15) is 61.2 Å². The van der Waals surface area contributed by atoms with Gasteiger partial charge < -0.3 is 15.1 Å². The van der Waals surface area contributed by atoms with Crippen molar-refractivity contribution >= 4 is 28.4 Å². The molecule has 2 N–H and O–H groups in total. The molecule has 0 amide bonds. The number of ketones is 2. The number of nitrogens with zero attached hydrogens (tertiary/aromatic N) is 3. The Labute approximate surface area is 177 Å². The third-order valence-corrected chi connectivity index (χ3v) is 4.91. The van der Waals surface area contributed by atoms with Gasteiger partial charge in [-0.1, -0.05) is 45.8 Å². The van der Waals surface area contributed by atoms with Crippen LogP contribution >= 0.6 is 0 Å². The van der Waals surface area contributed by atoms with Crippen molar-refractivity contribution in [2.75, 3.05) is 0 Å². The summed E-state index contributed by atoms with van der Waals surface area (Å²) in [7, 11) is 0. The Bertz CT molecular complexity index is 1260. The molecule has 31 heavy (non-hydrogen) atoms. The Hall–Kier alpha value is -3.69. The fourth-order valence-electron chi connectivity index (χ4n) is 3.21. The second-order valence-corrected chi connectivity index (χ2v) is 9.13. The number of rotatable bonds is 6. The third-order valence-electron chi connectivity index (χ3n) is 4.91. The van der Waals surface area contributed by atoms with Crippen LogP contribution in [-0.4, -0.2) is 36.7 Å². The number of carbonyl (C=O) groups excluding carboxylic acids is 2. The summed E-state index contributed by atoms with van der Waals surface area (Å²) in [5.41, 5.74) is -0.723. The minimum Gasteiger partial charge on any atom is -0.358 e. The van der Waals surface area contributed by atoms with Gasteiger partial charge in [-0.25, -0.2) is 4.98 Å². The van der Waals surface area contributed by atoms with Crippen LogP contribution in [0, 0.1) is 20.9 Å². The molecule has 10 nitrogen and oxygen atoms in total. The average Bonchev–Trinajstić information content (AvgIpc) is 3.16. The lowest BCUT2D eigenvalue weighted by Crippen LogP contribution is -2.29. The predicted molar refractivity (Wildman–Crippen MR) is 113 cm³/mol. The Morgan fingerprint density at radius 2 is 1.77 bits per heavy atom. The SMILES string of the molecule is CC(C)(C)C(=O)c1nc2cc(CC(C)(C)C(=O)c3cc([N+](=O)[O-])[nH]n3)ccc2[nH]c1=O. The van der Waals surface area contributed by atoms with E-state index < -0.39 is 21.3 Å². The molecule has 0 spiro atoms. The Balaban J connectivity index is 1.94. The number of fused-ring (bicyclic) bond motifs is 1. The lowest BCUT2D eigenvalue weighted by molar-refractivity contribution is -0.389. The van der Waals surface area contributed by atoms with E-state index in [4.69, 9.17) is 0 Å². The van der Waals surface area contributed by atoms with Crippen molar-refractivity contribution < 1.29 is 14.5 Å². The van der Waals surface area contributed by atoms with Crippen LogP contribution < -0.4 is 5.56 Å². The van der Waals surface area contributed by atoms with E-state index in [0.717, 1.165) is 11.6 Å². The van der Waals surface area contributed by atoms with Crippen molar-refractivity contribution in [3.8, 4) is 0 Å². The zero-order valence-electron chi connectivity index (χ0n) is 17.9. The first-order valence-electron chi connectivity index (χ1n) is 9.62. The number of nitro groups is 1. The van der Waals surface area contributed by atoms with Gasteiger partial charge >= 0.3 is 5.82 Å². The van der Waals surface area contributed by atoms with Gasteiger partial charge in [-0.2, -0.15) is 0 Å². The molecule has 1 aromatic carbocycles. The molecule has 0 bridgehead atoms. The number of aromatic amines is 2. The maximum Gasteiger partial charge on any atom is 0.343 e. The van der Waals surface area contributed by atoms with E-state index in [1.54, 1.807) is 52.8 Å². The van der Waals surface area contributed by atoms with Crippen LogP contribution in [0.25, 0.3) is 11.0 Å². The van der Waals surface area contributed by atoms with Crippen molar-refractivity contribution in [2.24, 2.45) is 10.8 Å². The highest BCUT2D eigenvalue weighted by Crippen LogP contribution is 2.28. The monoisotopic (exact) mass is 425 g/mol. The smallest absolute Gasteiger partial charge is 0.343 e. The maximum absolute atomic E-state index is 12.9. The lowest BCUT2D eigenvalue weighted by atomic mass is 9.80. The molecule has 0 radical (unpaired) electrons. The van der Waals surface area contributed by atoms with Crippen LogP contribution in [0.5, 0.6) is 0 Å². The summed E-state index contributed by atoms with van der Waals surface area (Å²) in [6, 6.07) is 6.26. The van der Waals surface area contributed by atoms with Gasteiger partial charge in [0.2, 0.25) is 0 Å². The highest BCUT2D eigenvalue weighted by molar-refractivity contribution is 5.99. The second kappa shape index (κ2) is 7.53. The molecule has 3 aromatic rings. The summed E-state index contributed by atoms with van der Waals surface area (Å²) in [6.45, 7) is 8.57. The summed E-state index contributed by atoms with van der Waals surface area (Å²) in [6.07, 6.45) is 0.297. The van der Waals surface area contributed by atoms with E-state index in [2.05, 4.69) is 20.2 Å². The Kier molecular flexibility index (Phi) is 5.35. The molecule has 162 valence electrons. The summed E-state index contributed by atoms with van der Waals surface area (Å²) in [5.74, 6) is -1.07. The standard InChI is InChI=1S/C21H23N5O5/c1-20(2,3)18(28)16-19(29)23-12-7-6-11(8-13(12)22-16)10-21(4,5)17(27)14-9-15(25-24-14)26(30)31/h6-9H,10H2,1-5H3,(H,23,29)(H,24,25). The molecule has 2 aromatic heterocycles. The van der Waals surface area contributed by atoms with E-state index in [1.165, 1.54) is 0 Å². The molecular formula is C21H23N5O5. The van der Waals surface area contributed by atoms with Crippen molar-refractivity contribution in [3.63, 3.8) is 0 Å². The van der Waals surface area contributed by atoms with Gasteiger partial charge in [0.1, 0.15) is 0 Å². The van der Waals surface area contributed by atoms with Gasteiger partial charge in [0.05, 0.1) is 17.1 Å². The van der Waals surface area contributed by atoms with Gasteiger partial charge in [0.25, 0.3) is 5.56 Å². The first-order valence-corrected chi connectivity index (χ1v) is 9.62. The molecule has 0 saturated heterocycles. The summed E-state index contributed by atoms with van der Waals surface area (Å²) in [4.78, 5) is 54.8. The highest BCUT2D eigenvalue weighted by Gasteiger charge is 2.32. The van der Waals surface area contributed by atoms with Crippen LogP contribution in [0.2, 0.25) is 0 Å². The van der Waals surface area contributed by atoms with Crippen LogP contribution in [0.4, 0.5) is 5.82 Å². The normalized spacial score (nSPS) is 12.2. The Morgan fingerprint density at radius 1 is 1.10 bits per heavy atom. The summed E-state index contributed by atoms with van der Waals surface area (Å²) in [5, 5.41) is 16.8. The maximum atomic E-state index is 12.9. The van der Waals surface area contributed by atoms with Gasteiger partial charge in [0.15, 0.2) is 23.0 Å². The van der Waals surface area contributed by atoms with E-state index in [0.29, 0.717) is 17.5 Å². The first-order chi connectivity index (χ1) is 14.3. The number of hydrogen-bond acceptors (Lipinski definition) is 7. The minimum absolute atomic E-state index is 0.0157. The molecule has 0 aliphatic carbocycles. The van der Waals surface area contributed by atoms with Crippen LogP contribution in [-0.2, 0) is 6.42 Å². The molecule has 0 atom stereocenters. The quantitative estimate of drug-likeness (QED) is 0.349. The van der Waals surface area contributed by atoms with E-state index in [-0.39, 0.29) is 28.8 Å². The van der Waals surface area contributed by atoms with E-state index >= 15 is 0 Å². The number of benzene rings is 1. The molecule has 0 unspecified atom stereocenters. The van der Waals surface area contributed by atoms with E-state index in [1.807, 2.05) is 0 Å². The number of carbonyl (C=O) groups is 2. The van der Waals surface area contributed by atoms with E-state index in [9.17, 15) is 24.5 Å². The minimum atomic E-state index is -0.914. The Morgan fingerprint density at radius 3 is 2.35 bits per heavy atom. The number of Topliss-reactive ketones (excluding diaryl/α,β-unsaturated/α-hetero) is 2. The first kappa shape index (κ1) is 22.0. The summed E-state index contributed by atoms with van der Waals surface area (Å²) >= 11 is 0. The van der Waals surface area contributed by atoms with Crippen molar-refractivity contribution in [1.82, 2.24) is 20.2 Å². The van der Waals surface area contributed by atoms with Gasteiger partial charge in [-0.05, 0) is 29.0 Å². The van der Waals surface area contributed by atoms with Crippen molar-refractivity contribution in [3.05, 3.63) is 61.7 Å². The average molecular weight is 425 g/mol. The third kappa shape index (κ3) is 4.42. The lowest BCUT2D eigenvalue weighted by Gasteiger charge is -2.22. The molecular weight excluding hydrogens is 402 g/mol. The molecule has 0 aliphatic heterocycles. The largest absolute Gasteiger partial charge is 0.358 e.